The average Bonchev–Trinajstić information content (AvgIpc) is 2.70. The van der Waals surface area contributed by atoms with Crippen molar-refractivity contribution in [1.29, 1.82) is 5.26 Å². The van der Waals surface area contributed by atoms with Crippen molar-refractivity contribution >= 4 is 11.4 Å². The number of hydrogen-bond acceptors (Lipinski definition) is 3. The lowest BCUT2D eigenvalue weighted by Crippen LogP contribution is -2.01. The van der Waals surface area contributed by atoms with Gasteiger partial charge in [-0.15, -0.1) is 0 Å². The first-order chi connectivity index (χ1) is 7.26. The molecule has 74 valence electrons. The standard InChI is InChI=1S/C11H9N3O/c1-2-10(15)9-6-13-11-4-3-8(5-12)7-14(9)11/h3-4,6-7H,2H2,1H3. The van der Waals surface area contributed by atoms with Crippen LogP contribution in [-0.4, -0.2) is 15.2 Å². The van der Waals surface area contributed by atoms with Crippen LogP contribution >= 0.6 is 0 Å². The molecule has 15 heavy (non-hydrogen) atoms. The van der Waals surface area contributed by atoms with Crippen LogP contribution in [0.15, 0.2) is 24.5 Å². The summed E-state index contributed by atoms with van der Waals surface area (Å²) in [6.45, 7) is 1.80. The average molecular weight is 199 g/mol. The maximum atomic E-state index is 11.5. The number of nitriles is 1. The Morgan fingerprint density at radius 1 is 1.60 bits per heavy atom. The van der Waals surface area contributed by atoms with Crippen molar-refractivity contribution < 1.29 is 4.79 Å². The third-order valence-electron chi connectivity index (χ3n) is 2.24. The Kier molecular flexibility index (Phi) is 2.22. The summed E-state index contributed by atoms with van der Waals surface area (Å²) in [6, 6.07) is 5.44. The maximum absolute atomic E-state index is 11.5. The molecule has 0 saturated heterocycles. The van der Waals surface area contributed by atoms with Gasteiger partial charge in [-0.3, -0.25) is 9.20 Å². The second kappa shape index (κ2) is 3.54. The van der Waals surface area contributed by atoms with Gasteiger partial charge in [-0.2, -0.15) is 5.26 Å². The van der Waals surface area contributed by atoms with E-state index < -0.39 is 0 Å². The minimum atomic E-state index is 0.0255. The number of pyridine rings is 1. The number of ketones is 1. The first-order valence-electron chi connectivity index (χ1n) is 4.66. The van der Waals surface area contributed by atoms with Gasteiger partial charge in [-0.1, -0.05) is 6.92 Å². The molecule has 0 spiro atoms. The highest BCUT2D eigenvalue weighted by molar-refractivity contribution is 5.94. The van der Waals surface area contributed by atoms with Crippen LogP contribution in [0.5, 0.6) is 0 Å². The molecule has 4 heteroatoms. The lowest BCUT2D eigenvalue weighted by Gasteiger charge is -1.98. The Labute approximate surface area is 86.8 Å². The zero-order valence-electron chi connectivity index (χ0n) is 8.27. The summed E-state index contributed by atoms with van der Waals surface area (Å²) in [4.78, 5) is 15.6. The van der Waals surface area contributed by atoms with Crippen LogP contribution in [0.2, 0.25) is 0 Å². The Morgan fingerprint density at radius 3 is 3.07 bits per heavy atom. The number of rotatable bonds is 2. The number of aromatic nitrogens is 2. The number of fused-ring (bicyclic) bond motifs is 1. The maximum Gasteiger partial charge on any atom is 0.180 e. The van der Waals surface area contributed by atoms with Crippen molar-refractivity contribution in [3.8, 4) is 6.07 Å². The van der Waals surface area contributed by atoms with Crippen LogP contribution in [-0.2, 0) is 0 Å². The van der Waals surface area contributed by atoms with Gasteiger partial charge < -0.3 is 0 Å². The molecule has 0 N–H and O–H groups in total. The SMILES string of the molecule is CCC(=O)c1cnc2ccc(C#N)cn12. The van der Waals surface area contributed by atoms with Crippen molar-refractivity contribution in [3.63, 3.8) is 0 Å². The van der Waals surface area contributed by atoms with Crippen LogP contribution in [0, 0.1) is 11.3 Å². The summed E-state index contributed by atoms with van der Waals surface area (Å²) in [6.07, 6.45) is 3.61. The van der Waals surface area contributed by atoms with E-state index in [2.05, 4.69) is 4.98 Å². The van der Waals surface area contributed by atoms with E-state index in [0.29, 0.717) is 23.3 Å². The summed E-state index contributed by atoms with van der Waals surface area (Å²) in [7, 11) is 0. The molecule has 0 bridgehead atoms. The highest BCUT2D eigenvalue weighted by atomic mass is 16.1. The van der Waals surface area contributed by atoms with E-state index in [4.69, 9.17) is 5.26 Å². The molecule has 0 atom stereocenters. The molecular formula is C11H9N3O. The quantitative estimate of drug-likeness (QED) is 0.693. The number of Topliss-reactive ketones (excluding diaryl/α,β-unsaturated/α-hetero) is 1. The molecule has 0 aliphatic carbocycles. The highest BCUT2D eigenvalue weighted by Gasteiger charge is 2.09. The predicted octanol–water partition coefficient (Wildman–Crippen LogP) is 1.80. The van der Waals surface area contributed by atoms with E-state index in [-0.39, 0.29) is 5.78 Å². The van der Waals surface area contributed by atoms with Gasteiger partial charge >= 0.3 is 0 Å². The van der Waals surface area contributed by atoms with Crippen molar-refractivity contribution in [2.24, 2.45) is 0 Å². The van der Waals surface area contributed by atoms with E-state index in [0.717, 1.165) is 0 Å². The molecular weight excluding hydrogens is 190 g/mol. The number of carbonyl (C=O) groups excluding carboxylic acids is 1. The molecule has 0 aliphatic heterocycles. The summed E-state index contributed by atoms with van der Waals surface area (Å²) in [5.41, 5.74) is 1.74. The molecule has 0 aliphatic rings. The predicted molar refractivity (Wildman–Crippen MR) is 54.5 cm³/mol. The number of nitrogens with zero attached hydrogens (tertiary/aromatic N) is 3. The first-order valence-corrected chi connectivity index (χ1v) is 4.66. The van der Waals surface area contributed by atoms with E-state index in [1.54, 1.807) is 35.9 Å². The number of carbonyl (C=O) groups is 1. The van der Waals surface area contributed by atoms with Crippen LogP contribution in [0.1, 0.15) is 29.4 Å². The zero-order valence-corrected chi connectivity index (χ0v) is 8.27. The van der Waals surface area contributed by atoms with Gasteiger partial charge in [0.25, 0.3) is 0 Å². The summed E-state index contributed by atoms with van der Waals surface area (Å²) in [5, 5.41) is 8.75. The van der Waals surface area contributed by atoms with Gasteiger partial charge in [0.1, 0.15) is 17.4 Å². The second-order valence-corrected chi connectivity index (χ2v) is 3.18. The molecule has 0 radical (unpaired) electrons. The van der Waals surface area contributed by atoms with E-state index >= 15 is 0 Å². The van der Waals surface area contributed by atoms with Crippen LogP contribution in [0.3, 0.4) is 0 Å². The van der Waals surface area contributed by atoms with Gasteiger partial charge in [0.15, 0.2) is 5.78 Å². The Morgan fingerprint density at radius 2 is 2.40 bits per heavy atom. The molecule has 0 amide bonds. The fraction of sp³-hybridized carbons (Fsp3) is 0.182. The summed E-state index contributed by atoms with van der Waals surface area (Å²) >= 11 is 0. The number of hydrogen-bond donors (Lipinski definition) is 0. The normalized spacial score (nSPS) is 10.1. The Balaban J connectivity index is 2.67. The van der Waals surface area contributed by atoms with Crippen LogP contribution in [0.4, 0.5) is 0 Å². The molecule has 0 saturated carbocycles. The molecule has 2 heterocycles. The molecule has 2 aromatic heterocycles. The monoisotopic (exact) mass is 199 g/mol. The van der Waals surface area contributed by atoms with Gasteiger partial charge in [0, 0.05) is 12.6 Å². The summed E-state index contributed by atoms with van der Waals surface area (Å²) in [5.74, 6) is 0.0255. The van der Waals surface area contributed by atoms with Crippen LogP contribution in [0.25, 0.3) is 5.65 Å². The van der Waals surface area contributed by atoms with Crippen molar-refractivity contribution in [2.45, 2.75) is 13.3 Å². The minimum Gasteiger partial charge on any atom is -0.296 e. The third kappa shape index (κ3) is 1.48. The van der Waals surface area contributed by atoms with E-state index in [1.807, 2.05) is 6.07 Å². The van der Waals surface area contributed by atoms with Gasteiger partial charge in [-0.05, 0) is 12.1 Å². The topological polar surface area (TPSA) is 58.2 Å². The Bertz CT molecular complexity index is 563. The molecule has 2 rings (SSSR count). The van der Waals surface area contributed by atoms with Gasteiger partial charge in [0.05, 0.1) is 11.8 Å². The smallest absolute Gasteiger partial charge is 0.180 e. The van der Waals surface area contributed by atoms with Gasteiger partial charge in [0.2, 0.25) is 0 Å². The van der Waals surface area contributed by atoms with Crippen molar-refractivity contribution in [3.05, 3.63) is 35.8 Å². The molecule has 0 aromatic carbocycles. The molecule has 4 nitrogen and oxygen atoms in total. The first kappa shape index (κ1) is 9.41. The Hall–Kier alpha value is -2.15. The number of imidazole rings is 1. The largest absolute Gasteiger partial charge is 0.296 e. The van der Waals surface area contributed by atoms with Crippen LogP contribution < -0.4 is 0 Å². The molecule has 2 aromatic rings. The lowest BCUT2D eigenvalue weighted by atomic mass is 10.2. The highest BCUT2D eigenvalue weighted by Crippen LogP contribution is 2.10. The van der Waals surface area contributed by atoms with Crippen molar-refractivity contribution in [1.82, 2.24) is 9.38 Å². The zero-order chi connectivity index (χ0) is 10.8. The fourth-order valence-corrected chi connectivity index (χ4v) is 1.43. The fourth-order valence-electron chi connectivity index (χ4n) is 1.43. The van der Waals surface area contributed by atoms with Crippen molar-refractivity contribution in [2.75, 3.05) is 0 Å². The summed E-state index contributed by atoms with van der Waals surface area (Å²) < 4.78 is 1.66. The molecule has 0 fully saturated rings. The minimum absolute atomic E-state index is 0.0255. The lowest BCUT2D eigenvalue weighted by molar-refractivity contribution is 0.0982. The third-order valence-corrected chi connectivity index (χ3v) is 2.24. The second-order valence-electron chi connectivity index (χ2n) is 3.18. The van der Waals surface area contributed by atoms with E-state index in [1.165, 1.54) is 0 Å². The molecule has 0 unspecified atom stereocenters. The van der Waals surface area contributed by atoms with Gasteiger partial charge in [-0.25, -0.2) is 4.98 Å². The van der Waals surface area contributed by atoms with E-state index in [9.17, 15) is 4.79 Å².